The van der Waals surface area contributed by atoms with Crippen LogP contribution >= 0.6 is 23.2 Å². The highest BCUT2D eigenvalue weighted by Crippen LogP contribution is 2.40. The van der Waals surface area contributed by atoms with Gasteiger partial charge in [-0.1, -0.05) is 53.5 Å². The SMILES string of the molecule is O=C1C[C@@H](CNC2CCCn3nc(C(=O)Nc4cccc(-c5cccc(NC(=O)c6ccc(CNCCO)cn6)c5Cl)c4Cl)cc32)CN1. The summed E-state index contributed by atoms with van der Waals surface area (Å²) in [6, 6.07) is 15.7. The van der Waals surface area contributed by atoms with E-state index in [-0.39, 0.29) is 45.9 Å². The maximum atomic E-state index is 13.4. The zero-order valence-electron chi connectivity index (χ0n) is 26.1. The zero-order chi connectivity index (χ0) is 33.6. The third-order valence-corrected chi connectivity index (χ3v) is 9.25. The summed E-state index contributed by atoms with van der Waals surface area (Å²) in [5.41, 5.74) is 4.22. The lowest BCUT2D eigenvalue weighted by Gasteiger charge is -2.25. The molecule has 4 heterocycles. The Morgan fingerprint density at radius 2 is 1.69 bits per heavy atom. The van der Waals surface area contributed by atoms with E-state index in [1.54, 1.807) is 54.7 Å². The molecule has 1 fully saturated rings. The predicted molar refractivity (Wildman–Crippen MR) is 184 cm³/mol. The standard InChI is InChI=1S/C34H36Cl2N8O4/c35-31-22(4-1-6-25(31)41-33(47)27-10-9-20(17-39-27)16-37-11-13-45)23-5-2-7-26(32(23)36)42-34(48)28-15-29-24(8-3-12-44(29)43-28)38-18-21-14-30(46)40-19-21/h1-2,4-7,9-10,15,17,21,24,37-38,45H,3,8,11-14,16,18-19H2,(H,40,46)(H,41,47)(H,42,48)/t21-,24?/m0/s1. The number of amides is 3. The van der Waals surface area contributed by atoms with Crippen LogP contribution in [-0.2, 0) is 17.9 Å². The maximum absolute atomic E-state index is 13.4. The number of anilines is 2. The number of pyridine rings is 1. The van der Waals surface area contributed by atoms with Gasteiger partial charge >= 0.3 is 0 Å². The fourth-order valence-corrected chi connectivity index (χ4v) is 6.49. The van der Waals surface area contributed by atoms with Crippen molar-refractivity contribution in [3.05, 3.63) is 93.5 Å². The number of aliphatic hydroxyl groups excluding tert-OH is 1. The summed E-state index contributed by atoms with van der Waals surface area (Å²) < 4.78 is 1.87. The van der Waals surface area contributed by atoms with Crippen molar-refractivity contribution in [2.24, 2.45) is 5.92 Å². The Balaban J connectivity index is 1.14. The molecule has 2 aromatic heterocycles. The second-order valence-corrected chi connectivity index (χ2v) is 12.6. The van der Waals surface area contributed by atoms with Crippen LogP contribution < -0.4 is 26.6 Å². The number of benzene rings is 2. The number of aryl methyl sites for hydroxylation is 1. The predicted octanol–water partition coefficient (Wildman–Crippen LogP) is 4.40. The quantitative estimate of drug-likeness (QED) is 0.119. The summed E-state index contributed by atoms with van der Waals surface area (Å²) >= 11 is 13.6. The van der Waals surface area contributed by atoms with Crippen LogP contribution in [-0.4, -0.2) is 63.8 Å². The van der Waals surface area contributed by atoms with Crippen molar-refractivity contribution in [3.8, 4) is 11.1 Å². The summed E-state index contributed by atoms with van der Waals surface area (Å²) in [5, 5.41) is 29.3. The number of hydrogen-bond donors (Lipinski definition) is 6. The maximum Gasteiger partial charge on any atom is 0.276 e. The van der Waals surface area contributed by atoms with Crippen LogP contribution in [0, 0.1) is 5.92 Å². The monoisotopic (exact) mass is 690 g/mol. The largest absolute Gasteiger partial charge is 0.395 e. The van der Waals surface area contributed by atoms with Gasteiger partial charge in [0.25, 0.3) is 11.8 Å². The highest BCUT2D eigenvalue weighted by Gasteiger charge is 2.27. The van der Waals surface area contributed by atoms with Gasteiger partial charge in [0.1, 0.15) is 5.69 Å². The van der Waals surface area contributed by atoms with E-state index in [9.17, 15) is 14.4 Å². The van der Waals surface area contributed by atoms with Gasteiger partial charge in [-0.25, -0.2) is 0 Å². The van der Waals surface area contributed by atoms with Crippen LogP contribution in [0.25, 0.3) is 11.1 Å². The summed E-state index contributed by atoms with van der Waals surface area (Å²) in [6.45, 7) is 3.13. The fraction of sp³-hybridized carbons (Fsp3) is 0.324. The molecule has 0 radical (unpaired) electrons. The molecular weight excluding hydrogens is 655 g/mol. The summed E-state index contributed by atoms with van der Waals surface area (Å²) in [7, 11) is 0. The molecule has 250 valence electrons. The Hall–Kier alpha value is -4.33. The molecule has 48 heavy (non-hydrogen) atoms. The number of aromatic nitrogens is 3. The number of nitrogens with one attached hydrogen (secondary N) is 5. The first kappa shape index (κ1) is 33.6. The van der Waals surface area contributed by atoms with Gasteiger partial charge in [-0.05, 0) is 48.6 Å². The number of hydrogen-bond acceptors (Lipinski definition) is 8. The number of nitrogens with zero attached hydrogens (tertiary/aromatic N) is 3. The minimum Gasteiger partial charge on any atom is -0.395 e. The molecule has 2 aliphatic heterocycles. The van der Waals surface area contributed by atoms with Crippen molar-refractivity contribution in [2.45, 2.75) is 38.4 Å². The topological polar surface area (TPSA) is 162 Å². The van der Waals surface area contributed by atoms with Gasteiger partial charge in [0.15, 0.2) is 5.69 Å². The van der Waals surface area contributed by atoms with Gasteiger partial charge in [0.2, 0.25) is 5.91 Å². The number of carbonyl (C=O) groups is 3. The van der Waals surface area contributed by atoms with Gasteiger partial charge in [-0.15, -0.1) is 0 Å². The average molecular weight is 692 g/mol. The summed E-state index contributed by atoms with van der Waals surface area (Å²) in [4.78, 5) is 42.2. The number of fused-ring (bicyclic) bond motifs is 1. The minimum atomic E-state index is -0.429. The van der Waals surface area contributed by atoms with Gasteiger partial charge in [-0.2, -0.15) is 5.10 Å². The number of aliphatic hydroxyl groups is 1. The van der Waals surface area contributed by atoms with Gasteiger partial charge in [-0.3, -0.25) is 24.0 Å². The third-order valence-electron chi connectivity index (χ3n) is 8.44. The lowest BCUT2D eigenvalue weighted by molar-refractivity contribution is -0.119. The number of rotatable bonds is 12. The Morgan fingerprint density at radius 3 is 2.31 bits per heavy atom. The molecule has 1 saturated heterocycles. The molecule has 0 spiro atoms. The second-order valence-electron chi connectivity index (χ2n) is 11.8. The Kier molecular flexibility index (Phi) is 10.7. The number of carbonyl (C=O) groups excluding carboxylic acids is 3. The van der Waals surface area contributed by atoms with Crippen molar-refractivity contribution in [3.63, 3.8) is 0 Å². The van der Waals surface area contributed by atoms with Crippen molar-refractivity contribution < 1.29 is 19.5 Å². The van der Waals surface area contributed by atoms with E-state index in [1.807, 2.05) is 10.7 Å². The molecule has 2 atom stereocenters. The van der Waals surface area contributed by atoms with Crippen LogP contribution in [0.1, 0.15) is 57.5 Å². The molecule has 2 aromatic carbocycles. The lowest BCUT2D eigenvalue weighted by Crippen LogP contribution is -2.32. The zero-order valence-corrected chi connectivity index (χ0v) is 27.6. The summed E-state index contributed by atoms with van der Waals surface area (Å²) in [5.74, 6) is -0.491. The van der Waals surface area contributed by atoms with E-state index in [0.29, 0.717) is 55.1 Å². The Morgan fingerprint density at radius 1 is 0.979 bits per heavy atom. The van der Waals surface area contributed by atoms with Crippen molar-refractivity contribution in [2.75, 3.05) is 36.9 Å². The Labute approximate surface area is 287 Å². The molecule has 3 amide bonds. The van der Waals surface area contributed by atoms with E-state index in [2.05, 4.69) is 36.7 Å². The molecule has 0 saturated carbocycles. The second kappa shape index (κ2) is 15.3. The van der Waals surface area contributed by atoms with Crippen LogP contribution in [0.4, 0.5) is 11.4 Å². The van der Waals surface area contributed by atoms with Crippen LogP contribution in [0.2, 0.25) is 10.0 Å². The van der Waals surface area contributed by atoms with E-state index >= 15 is 0 Å². The molecule has 6 N–H and O–H groups in total. The van der Waals surface area contributed by atoms with E-state index < -0.39 is 11.8 Å². The molecule has 0 bridgehead atoms. The normalized spacial score (nSPS) is 17.1. The molecular formula is C34H36Cl2N8O4. The fourth-order valence-electron chi connectivity index (χ4n) is 5.94. The minimum absolute atomic E-state index is 0.0366. The molecule has 12 nitrogen and oxygen atoms in total. The van der Waals surface area contributed by atoms with Gasteiger partial charge < -0.3 is 31.7 Å². The number of halogens is 2. The third kappa shape index (κ3) is 7.69. The lowest BCUT2D eigenvalue weighted by atomic mass is 10.0. The average Bonchev–Trinajstić information content (AvgIpc) is 3.73. The first-order valence-electron chi connectivity index (χ1n) is 15.8. The van der Waals surface area contributed by atoms with E-state index in [1.165, 1.54) is 0 Å². The van der Waals surface area contributed by atoms with Crippen LogP contribution in [0.15, 0.2) is 60.8 Å². The highest BCUT2D eigenvalue weighted by atomic mass is 35.5. The molecule has 4 aromatic rings. The van der Waals surface area contributed by atoms with Crippen molar-refractivity contribution in [1.29, 1.82) is 0 Å². The molecule has 0 aliphatic carbocycles. The molecule has 1 unspecified atom stereocenters. The van der Waals surface area contributed by atoms with E-state index in [0.717, 1.165) is 30.6 Å². The smallest absolute Gasteiger partial charge is 0.276 e. The highest BCUT2D eigenvalue weighted by molar-refractivity contribution is 6.40. The van der Waals surface area contributed by atoms with Crippen molar-refractivity contribution >= 4 is 52.3 Å². The van der Waals surface area contributed by atoms with Gasteiger partial charge in [0.05, 0.1) is 33.7 Å². The van der Waals surface area contributed by atoms with Crippen LogP contribution in [0.3, 0.4) is 0 Å². The van der Waals surface area contributed by atoms with Gasteiger partial charge in [0, 0.05) is 62.5 Å². The van der Waals surface area contributed by atoms with Crippen molar-refractivity contribution in [1.82, 2.24) is 30.7 Å². The molecule has 2 aliphatic rings. The molecule has 14 heteroatoms. The summed E-state index contributed by atoms with van der Waals surface area (Å²) in [6.07, 6.45) is 3.97. The van der Waals surface area contributed by atoms with E-state index in [4.69, 9.17) is 28.3 Å². The first-order chi connectivity index (χ1) is 23.3. The Bertz CT molecular complexity index is 1810. The first-order valence-corrected chi connectivity index (χ1v) is 16.6. The van der Waals surface area contributed by atoms with Crippen LogP contribution in [0.5, 0.6) is 0 Å². The molecule has 6 rings (SSSR count).